The molecule has 0 atom stereocenters. The third-order valence-corrected chi connectivity index (χ3v) is 3.41. The third-order valence-electron chi connectivity index (χ3n) is 3.41. The Morgan fingerprint density at radius 2 is 2.00 bits per heavy atom. The van der Waals surface area contributed by atoms with Crippen LogP contribution >= 0.6 is 0 Å². The van der Waals surface area contributed by atoms with Gasteiger partial charge in [0.2, 0.25) is 5.91 Å². The number of carbonyl (C=O) groups is 1. The van der Waals surface area contributed by atoms with Gasteiger partial charge in [-0.15, -0.1) is 0 Å². The number of aryl methyl sites for hydroxylation is 1. The van der Waals surface area contributed by atoms with Crippen molar-refractivity contribution < 1.29 is 4.79 Å². The molecule has 106 valence electrons. The second kappa shape index (κ2) is 5.49. The monoisotopic (exact) mass is 271 g/mol. The van der Waals surface area contributed by atoms with Crippen molar-refractivity contribution in [1.82, 2.24) is 10.3 Å². The van der Waals surface area contributed by atoms with E-state index in [1.165, 1.54) is 0 Å². The van der Waals surface area contributed by atoms with E-state index in [2.05, 4.69) is 15.6 Å². The standard InChI is InChI=1S/C16H21N3O/c1-11-9-14(12-7-5-6-8-13(12)19-11)18-10-16(2,3)15(20)17-4/h5-9H,10H2,1-4H3,(H,17,20)(H,18,19). The number of anilines is 1. The van der Waals surface area contributed by atoms with Gasteiger partial charge in [0, 0.05) is 30.4 Å². The molecule has 0 saturated heterocycles. The molecule has 0 aliphatic heterocycles. The number of nitrogens with one attached hydrogen (secondary N) is 2. The summed E-state index contributed by atoms with van der Waals surface area (Å²) >= 11 is 0. The number of aromatic nitrogens is 1. The van der Waals surface area contributed by atoms with Crippen LogP contribution in [0, 0.1) is 12.3 Å². The average Bonchev–Trinajstić information content (AvgIpc) is 2.43. The second-order valence-electron chi connectivity index (χ2n) is 5.64. The van der Waals surface area contributed by atoms with Crippen LogP contribution in [0.25, 0.3) is 10.9 Å². The number of rotatable bonds is 4. The number of pyridine rings is 1. The molecular formula is C16H21N3O. The summed E-state index contributed by atoms with van der Waals surface area (Å²) in [6.45, 7) is 6.39. The van der Waals surface area contributed by atoms with Crippen molar-refractivity contribution in [3.8, 4) is 0 Å². The van der Waals surface area contributed by atoms with Crippen molar-refractivity contribution in [2.45, 2.75) is 20.8 Å². The van der Waals surface area contributed by atoms with Crippen LogP contribution in [0.15, 0.2) is 30.3 Å². The van der Waals surface area contributed by atoms with Gasteiger partial charge in [-0.05, 0) is 32.9 Å². The summed E-state index contributed by atoms with van der Waals surface area (Å²) in [5, 5.41) is 7.16. The van der Waals surface area contributed by atoms with Crippen molar-refractivity contribution in [3.63, 3.8) is 0 Å². The van der Waals surface area contributed by atoms with Crippen LogP contribution in [0.4, 0.5) is 5.69 Å². The topological polar surface area (TPSA) is 54.0 Å². The number of hydrogen-bond acceptors (Lipinski definition) is 3. The summed E-state index contributed by atoms with van der Waals surface area (Å²) in [4.78, 5) is 16.3. The van der Waals surface area contributed by atoms with Crippen molar-refractivity contribution in [2.75, 3.05) is 18.9 Å². The number of carbonyl (C=O) groups excluding carboxylic acids is 1. The lowest BCUT2D eigenvalue weighted by Gasteiger charge is -2.24. The van der Waals surface area contributed by atoms with E-state index in [1.807, 2.05) is 51.1 Å². The quantitative estimate of drug-likeness (QED) is 0.899. The van der Waals surface area contributed by atoms with Gasteiger partial charge in [-0.1, -0.05) is 18.2 Å². The molecule has 20 heavy (non-hydrogen) atoms. The molecule has 0 fully saturated rings. The fourth-order valence-corrected chi connectivity index (χ4v) is 2.19. The maximum atomic E-state index is 11.8. The molecule has 0 bridgehead atoms. The molecular weight excluding hydrogens is 250 g/mol. The van der Waals surface area contributed by atoms with Gasteiger partial charge in [-0.2, -0.15) is 0 Å². The Morgan fingerprint density at radius 3 is 2.70 bits per heavy atom. The van der Waals surface area contributed by atoms with Gasteiger partial charge in [0.15, 0.2) is 0 Å². The van der Waals surface area contributed by atoms with E-state index in [9.17, 15) is 4.79 Å². The average molecular weight is 271 g/mol. The fraction of sp³-hybridized carbons (Fsp3) is 0.375. The lowest BCUT2D eigenvalue weighted by Crippen LogP contribution is -2.39. The zero-order valence-electron chi connectivity index (χ0n) is 12.4. The SMILES string of the molecule is CNC(=O)C(C)(C)CNc1cc(C)nc2ccccc12. The highest BCUT2D eigenvalue weighted by molar-refractivity contribution is 5.91. The molecule has 1 heterocycles. The van der Waals surface area contributed by atoms with E-state index in [0.29, 0.717) is 6.54 Å². The molecule has 0 radical (unpaired) electrons. The molecule has 0 unspecified atom stereocenters. The molecule has 0 aliphatic carbocycles. The van der Waals surface area contributed by atoms with E-state index < -0.39 is 5.41 Å². The van der Waals surface area contributed by atoms with Gasteiger partial charge in [-0.25, -0.2) is 0 Å². The van der Waals surface area contributed by atoms with E-state index in [-0.39, 0.29) is 5.91 Å². The smallest absolute Gasteiger partial charge is 0.227 e. The van der Waals surface area contributed by atoms with Gasteiger partial charge in [0.05, 0.1) is 10.9 Å². The van der Waals surface area contributed by atoms with Crippen LogP contribution in [-0.4, -0.2) is 24.5 Å². The van der Waals surface area contributed by atoms with Crippen molar-refractivity contribution >= 4 is 22.5 Å². The summed E-state index contributed by atoms with van der Waals surface area (Å²) in [5.41, 5.74) is 2.48. The first-order valence-corrected chi connectivity index (χ1v) is 6.76. The van der Waals surface area contributed by atoms with Gasteiger partial charge >= 0.3 is 0 Å². The Morgan fingerprint density at radius 1 is 1.30 bits per heavy atom. The Labute approximate surface area is 119 Å². The Bertz CT molecular complexity index is 635. The molecule has 1 aromatic heterocycles. The molecule has 0 saturated carbocycles. The lowest BCUT2D eigenvalue weighted by atomic mass is 9.92. The Kier molecular flexibility index (Phi) is 3.93. The first kappa shape index (κ1) is 14.3. The second-order valence-corrected chi connectivity index (χ2v) is 5.64. The molecule has 2 rings (SSSR count). The maximum absolute atomic E-state index is 11.8. The van der Waals surface area contributed by atoms with Crippen LogP contribution in [0.1, 0.15) is 19.5 Å². The van der Waals surface area contributed by atoms with Crippen LogP contribution in [0.3, 0.4) is 0 Å². The summed E-state index contributed by atoms with van der Waals surface area (Å²) in [6.07, 6.45) is 0. The fourth-order valence-electron chi connectivity index (χ4n) is 2.19. The number of hydrogen-bond donors (Lipinski definition) is 2. The zero-order chi connectivity index (χ0) is 14.8. The molecule has 0 spiro atoms. The molecule has 2 N–H and O–H groups in total. The van der Waals surface area contributed by atoms with Crippen LogP contribution in [0.5, 0.6) is 0 Å². The first-order valence-electron chi connectivity index (χ1n) is 6.76. The van der Waals surface area contributed by atoms with E-state index >= 15 is 0 Å². The van der Waals surface area contributed by atoms with Crippen molar-refractivity contribution in [3.05, 3.63) is 36.0 Å². The molecule has 4 nitrogen and oxygen atoms in total. The lowest BCUT2D eigenvalue weighted by molar-refractivity contribution is -0.128. The van der Waals surface area contributed by atoms with E-state index in [0.717, 1.165) is 22.3 Å². The highest BCUT2D eigenvalue weighted by Gasteiger charge is 2.26. The predicted molar refractivity (Wildman–Crippen MR) is 82.8 cm³/mol. The van der Waals surface area contributed by atoms with E-state index in [1.54, 1.807) is 7.05 Å². The number of para-hydroxylation sites is 1. The maximum Gasteiger partial charge on any atom is 0.227 e. The Balaban J connectivity index is 2.28. The first-order chi connectivity index (χ1) is 9.44. The van der Waals surface area contributed by atoms with Crippen LogP contribution in [-0.2, 0) is 4.79 Å². The minimum atomic E-state index is -0.465. The number of fused-ring (bicyclic) bond motifs is 1. The van der Waals surface area contributed by atoms with Gasteiger partial charge < -0.3 is 10.6 Å². The Hall–Kier alpha value is -2.10. The summed E-state index contributed by atoms with van der Waals surface area (Å²) in [7, 11) is 1.66. The normalized spacial score (nSPS) is 11.4. The highest BCUT2D eigenvalue weighted by Crippen LogP contribution is 2.25. The predicted octanol–water partition coefficient (Wildman–Crippen LogP) is 2.73. The highest BCUT2D eigenvalue weighted by atomic mass is 16.2. The number of nitrogens with zero attached hydrogens (tertiary/aromatic N) is 1. The van der Waals surface area contributed by atoms with Gasteiger partial charge in [0.25, 0.3) is 0 Å². The van der Waals surface area contributed by atoms with Crippen molar-refractivity contribution in [2.24, 2.45) is 5.41 Å². The molecule has 1 amide bonds. The largest absolute Gasteiger partial charge is 0.383 e. The molecule has 0 aliphatic rings. The van der Waals surface area contributed by atoms with Crippen LogP contribution in [0.2, 0.25) is 0 Å². The van der Waals surface area contributed by atoms with Gasteiger partial charge in [-0.3, -0.25) is 9.78 Å². The summed E-state index contributed by atoms with van der Waals surface area (Å²) in [5.74, 6) is 0.0279. The molecule has 4 heteroatoms. The molecule has 2 aromatic rings. The minimum Gasteiger partial charge on any atom is -0.383 e. The van der Waals surface area contributed by atoms with Crippen LogP contribution < -0.4 is 10.6 Å². The van der Waals surface area contributed by atoms with E-state index in [4.69, 9.17) is 0 Å². The number of benzene rings is 1. The van der Waals surface area contributed by atoms with Gasteiger partial charge in [0.1, 0.15) is 0 Å². The third kappa shape index (κ3) is 2.90. The number of amides is 1. The summed E-state index contributed by atoms with van der Waals surface area (Å²) in [6, 6.07) is 10.0. The molecule has 1 aromatic carbocycles. The zero-order valence-corrected chi connectivity index (χ0v) is 12.4. The van der Waals surface area contributed by atoms with Crippen molar-refractivity contribution in [1.29, 1.82) is 0 Å². The minimum absolute atomic E-state index is 0.0279. The summed E-state index contributed by atoms with van der Waals surface area (Å²) < 4.78 is 0.